The summed E-state index contributed by atoms with van der Waals surface area (Å²) in [5, 5.41) is 3.35. The smallest absolute Gasteiger partial charge is 0.134 e. The van der Waals surface area contributed by atoms with E-state index in [9.17, 15) is 0 Å². The van der Waals surface area contributed by atoms with Gasteiger partial charge in [0.15, 0.2) is 0 Å². The molecule has 17 heavy (non-hydrogen) atoms. The highest BCUT2D eigenvalue weighted by Crippen LogP contribution is 2.18. The van der Waals surface area contributed by atoms with Crippen LogP contribution in [0.15, 0.2) is 6.33 Å². The summed E-state index contributed by atoms with van der Waals surface area (Å²) in [6.45, 7) is 5.13. The molecule has 0 saturated heterocycles. The third-order valence-corrected chi connectivity index (χ3v) is 2.93. The van der Waals surface area contributed by atoms with Gasteiger partial charge in [0.2, 0.25) is 0 Å². The molecule has 0 aliphatic carbocycles. The second kappa shape index (κ2) is 6.39. The summed E-state index contributed by atoms with van der Waals surface area (Å²) >= 11 is 0. The number of nitrogens with one attached hydrogen (secondary N) is 1. The molecule has 0 radical (unpaired) electrons. The molecule has 5 heteroatoms. The average Bonchev–Trinajstić information content (AvgIpc) is 2.29. The first-order valence-corrected chi connectivity index (χ1v) is 6.05. The van der Waals surface area contributed by atoms with Crippen LogP contribution in [0, 0.1) is 0 Å². The Balaban J connectivity index is 2.73. The maximum absolute atomic E-state index is 5.87. The Kier molecular flexibility index (Phi) is 5.15. The molecule has 1 aromatic rings. The zero-order valence-electron chi connectivity index (χ0n) is 11.2. The van der Waals surface area contributed by atoms with Crippen molar-refractivity contribution in [3.63, 3.8) is 0 Å². The molecule has 0 aromatic carbocycles. The zero-order chi connectivity index (χ0) is 12.8. The summed E-state index contributed by atoms with van der Waals surface area (Å²) in [7, 11) is 4.13. The fourth-order valence-electron chi connectivity index (χ4n) is 1.50. The largest absolute Gasteiger partial charge is 0.383 e. The van der Waals surface area contributed by atoms with Gasteiger partial charge in [-0.25, -0.2) is 9.97 Å². The van der Waals surface area contributed by atoms with Crippen molar-refractivity contribution in [1.29, 1.82) is 0 Å². The fraction of sp³-hybridized carbons (Fsp3) is 0.667. The van der Waals surface area contributed by atoms with Gasteiger partial charge in [0.25, 0.3) is 0 Å². The normalized spacial score (nSPS) is 12.8. The van der Waals surface area contributed by atoms with Crippen LogP contribution in [0.3, 0.4) is 0 Å². The molecule has 96 valence electrons. The summed E-state index contributed by atoms with van der Waals surface area (Å²) < 4.78 is 0. The molecule has 1 rings (SSSR count). The Morgan fingerprint density at radius 3 is 2.71 bits per heavy atom. The van der Waals surface area contributed by atoms with Crippen LogP contribution in [0.4, 0.5) is 11.6 Å². The molecule has 0 fully saturated rings. The molecular weight excluding hydrogens is 214 g/mol. The van der Waals surface area contributed by atoms with Crippen LogP contribution in [-0.4, -0.2) is 41.5 Å². The number of anilines is 2. The Bertz CT molecular complexity index is 351. The van der Waals surface area contributed by atoms with Crippen LogP contribution in [0.5, 0.6) is 0 Å². The van der Waals surface area contributed by atoms with E-state index in [2.05, 4.69) is 48.1 Å². The maximum Gasteiger partial charge on any atom is 0.134 e. The number of hydrogen-bond donors (Lipinski definition) is 2. The highest BCUT2D eigenvalue weighted by molar-refractivity contribution is 5.55. The molecule has 1 atom stereocenters. The minimum absolute atomic E-state index is 0.445. The maximum atomic E-state index is 5.87. The highest BCUT2D eigenvalue weighted by atomic mass is 15.1. The molecule has 0 saturated carbocycles. The number of aromatic nitrogens is 2. The first kappa shape index (κ1) is 13.7. The van der Waals surface area contributed by atoms with Crippen LogP contribution in [-0.2, 0) is 6.42 Å². The summed E-state index contributed by atoms with van der Waals surface area (Å²) in [6.07, 6.45) is 3.46. The van der Waals surface area contributed by atoms with Gasteiger partial charge in [0.1, 0.15) is 18.0 Å². The van der Waals surface area contributed by atoms with Crippen molar-refractivity contribution >= 4 is 11.6 Å². The van der Waals surface area contributed by atoms with Crippen LogP contribution >= 0.6 is 0 Å². The predicted molar refractivity (Wildman–Crippen MR) is 72.1 cm³/mol. The summed E-state index contributed by atoms with van der Waals surface area (Å²) in [6, 6.07) is 0.445. The van der Waals surface area contributed by atoms with E-state index in [0.29, 0.717) is 11.9 Å². The highest BCUT2D eigenvalue weighted by Gasteiger charge is 2.10. The second-order valence-corrected chi connectivity index (χ2v) is 4.53. The van der Waals surface area contributed by atoms with Crippen molar-refractivity contribution in [2.24, 2.45) is 0 Å². The third kappa shape index (κ3) is 3.85. The van der Waals surface area contributed by atoms with Crippen molar-refractivity contribution in [2.75, 3.05) is 31.7 Å². The van der Waals surface area contributed by atoms with Crippen molar-refractivity contribution in [2.45, 2.75) is 32.7 Å². The topological polar surface area (TPSA) is 67.1 Å². The van der Waals surface area contributed by atoms with Gasteiger partial charge >= 0.3 is 0 Å². The number of nitrogen functional groups attached to an aromatic ring is 1. The number of hydrogen-bond acceptors (Lipinski definition) is 5. The lowest BCUT2D eigenvalue weighted by Gasteiger charge is -2.21. The Hall–Kier alpha value is -1.36. The van der Waals surface area contributed by atoms with E-state index < -0.39 is 0 Å². The molecule has 1 heterocycles. The second-order valence-electron chi connectivity index (χ2n) is 4.53. The minimum Gasteiger partial charge on any atom is -0.383 e. The SMILES string of the molecule is CCCc1c(N)ncnc1NCC(C)N(C)C. The monoisotopic (exact) mass is 237 g/mol. The van der Waals surface area contributed by atoms with Gasteiger partial charge in [-0.15, -0.1) is 0 Å². The van der Waals surface area contributed by atoms with E-state index in [1.807, 2.05) is 0 Å². The summed E-state index contributed by atoms with van der Waals surface area (Å²) in [5.74, 6) is 1.45. The fourth-order valence-corrected chi connectivity index (χ4v) is 1.50. The van der Waals surface area contributed by atoms with E-state index in [0.717, 1.165) is 30.8 Å². The summed E-state index contributed by atoms with van der Waals surface area (Å²) in [5.41, 5.74) is 6.90. The molecule has 0 amide bonds. The predicted octanol–water partition coefficient (Wildman–Crippen LogP) is 1.37. The van der Waals surface area contributed by atoms with Gasteiger partial charge in [0.05, 0.1) is 0 Å². The minimum atomic E-state index is 0.445. The molecule has 3 N–H and O–H groups in total. The Morgan fingerprint density at radius 1 is 1.41 bits per heavy atom. The molecule has 1 aromatic heterocycles. The van der Waals surface area contributed by atoms with Gasteiger partial charge in [0, 0.05) is 18.2 Å². The van der Waals surface area contributed by atoms with Gasteiger partial charge in [-0.1, -0.05) is 13.3 Å². The lowest BCUT2D eigenvalue weighted by atomic mass is 10.1. The molecule has 0 spiro atoms. The van der Waals surface area contributed by atoms with Gasteiger partial charge in [-0.2, -0.15) is 0 Å². The number of rotatable bonds is 6. The Morgan fingerprint density at radius 2 is 2.12 bits per heavy atom. The van der Waals surface area contributed by atoms with Crippen LogP contribution in [0.2, 0.25) is 0 Å². The first-order valence-electron chi connectivity index (χ1n) is 6.05. The summed E-state index contributed by atoms with van der Waals surface area (Å²) in [4.78, 5) is 10.5. The lowest BCUT2D eigenvalue weighted by Crippen LogP contribution is -2.32. The molecular formula is C12H23N5. The third-order valence-electron chi connectivity index (χ3n) is 2.93. The molecule has 5 nitrogen and oxygen atoms in total. The van der Waals surface area contributed by atoms with E-state index in [1.165, 1.54) is 6.33 Å². The molecule has 1 unspecified atom stereocenters. The van der Waals surface area contributed by atoms with E-state index in [4.69, 9.17) is 5.73 Å². The number of nitrogens with two attached hydrogens (primary N) is 1. The quantitative estimate of drug-likeness (QED) is 0.782. The van der Waals surface area contributed by atoms with E-state index in [1.54, 1.807) is 0 Å². The van der Waals surface area contributed by atoms with Gasteiger partial charge in [-0.3, -0.25) is 0 Å². The molecule has 0 bridgehead atoms. The van der Waals surface area contributed by atoms with E-state index in [-0.39, 0.29) is 0 Å². The van der Waals surface area contributed by atoms with Crippen molar-refractivity contribution in [3.05, 3.63) is 11.9 Å². The van der Waals surface area contributed by atoms with Crippen LogP contribution in [0.1, 0.15) is 25.8 Å². The average molecular weight is 237 g/mol. The van der Waals surface area contributed by atoms with Gasteiger partial charge < -0.3 is 16.0 Å². The number of nitrogens with zero attached hydrogens (tertiary/aromatic N) is 3. The molecule has 0 aliphatic rings. The standard InChI is InChI=1S/C12H23N5/c1-5-6-10-11(13)15-8-16-12(10)14-7-9(2)17(3)4/h8-9H,5-7H2,1-4H3,(H3,13,14,15,16). The molecule has 0 aliphatic heterocycles. The van der Waals surface area contributed by atoms with Crippen LogP contribution < -0.4 is 11.1 Å². The lowest BCUT2D eigenvalue weighted by molar-refractivity contribution is 0.326. The van der Waals surface area contributed by atoms with Crippen molar-refractivity contribution in [1.82, 2.24) is 14.9 Å². The van der Waals surface area contributed by atoms with Crippen LogP contribution in [0.25, 0.3) is 0 Å². The first-order chi connectivity index (χ1) is 8.06. The van der Waals surface area contributed by atoms with Crippen molar-refractivity contribution in [3.8, 4) is 0 Å². The van der Waals surface area contributed by atoms with Gasteiger partial charge in [-0.05, 0) is 27.4 Å². The zero-order valence-corrected chi connectivity index (χ0v) is 11.2. The number of likely N-dealkylation sites (N-methyl/N-ethyl adjacent to an activating group) is 1. The van der Waals surface area contributed by atoms with Crippen molar-refractivity contribution < 1.29 is 0 Å². The van der Waals surface area contributed by atoms with E-state index >= 15 is 0 Å². The Labute approximate surface area is 103 Å².